The van der Waals surface area contributed by atoms with Crippen molar-refractivity contribution >= 4 is 12.4 Å². The van der Waals surface area contributed by atoms with Crippen molar-refractivity contribution in [2.75, 3.05) is 13.1 Å². The Bertz CT molecular complexity index is 108. The van der Waals surface area contributed by atoms with Crippen molar-refractivity contribution < 1.29 is 10.2 Å². The third kappa shape index (κ3) is 2.09. The van der Waals surface area contributed by atoms with Gasteiger partial charge < -0.3 is 15.5 Å². The molecule has 2 atom stereocenters. The molecule has 3 N–H and O–H groups in total. The van der Waals surface area contributed by atoms with Crippen molar-refractivity contribution in [3.63, 3.8) is 0 Å². The molecular weight excluding hydrogens is 154 g/mol. The second-order valence-corrected chi connectivity index (χ2v) is 2.84. The molecule has 1 heterocycles. The van der Waals surface area contributed by atoms with E-state index < -0.39 is 11.7 Å². The average molecular weight is 168 g/mol. The van der Waals surface area contributed by atoms with Gasteiger partial charge in [-0.2, -0.15) is 0 Å². The number of halogens is 1. The van der Waals surface area contributed by atoms with Crippen LogP contribution in [0.2, 0.25) is 0 Å². The van der Waals surface area contributed by atoms with Gasteiger partial charge in [0.1, 0.15) is 5.60 Å². The van der Waals surface area contributed by atoms with Crippen LogP contribution in [-0.4, -0.2) is 35.0 Å². The lowest BCUT2D eigenvalue weighted by molar-refractivity contribution is -0.0763. The minimum absolute atomic E-state index is 0. The molecule has 62 valence electrons. The molecule has 1 fully saturated rings. The average Bonchev–Trinajstić information content (AvgIpc) is 1.77. The fourth-order valence-corrected chi connectivity index (χ4v) is 1.01. The van der Waals surface area contributed by atoms with Crippen molar-refractivity contribution in [1.29, 1.82) is 0 Å². The highest BCUT2D eigenvalue weighted by atomic mass is 35.5. The van der Waals surface area contributed by atoms with E-state index in [0.29, 0.717) is 13.0 Å². The second-order valence-electron chi connectivity index (χ2n) is 2.84. The van der Waals surface area contributed by atoms with E-state index in [2.05, 4.69) is 5.32 Å². The zero-order valence-electron chi connectivity index (χ0n) is 6.00. The maximum atomic E-state index is 9.33. The number of nitrogens with one attached hydrogen (secondary N) is 1. The molecule has 0 amide bonds. The highest BCUT2D eigenvalue weighted by Gasteiger charge is 2.32. The summed E-state index contributed by atoms with van der Waals surface area (Å²) in [7, 11) is 0. The fraction of sp³-hybridized carbons (Fsp3) is 1.00. The van der Waals surface area contributed by atoms with Crippen molar-refractivity contribution in [1.82, 2.24) is 5.32 Å². The van der Waals surface area contributed by atoms with E-state index in [1.807, 2.05) is 0 Å². The standard InChI is InChI=1S/C6H13NO2.ClH/c1-6(9)4-7-3-2-5(6)8;/h5,7-9H,2-4H2,1H3;1H/t5-,6+;/m1./s1. The molecule has 0 aromatic carbocycles. The summed E-state index contributed by atoms with van der Waals surface area (Å²) in [5.74, 6) is 0. The van der Waals surface area contributed by atoms with E-state index >= 15 is 0 Å². The molecule has 0 aliphatic carbocycles. The van der Waals surface area contributed by atoms with Crippen molar-refractivity contribution in [2.45, 2.75) is 25.0 Å². The molecule has 1 aliphatic rings. The van der Waals surface area contributed by atoms with E-state index in [1.165, 1.54) is 0 Å². The molecule has 10 heavy (non-hydrogen) atoms. The van der Waals surface area contributed by atoms with Crippen LogP contribution in [0.15, 0.2) is 0 Å². The zero-order chi connectivity index (χ0) is 6.91. The topological polar surface area (TPSA) is 52.5 Å². The lowest BCUT2D eigenvalue weighted by Gasteiger charge is -2.33. The Balaban J connectivity index is 0.000000810. The molecule has 1 aliphatic heterocycles. The molecule has 4 heteroatoms. The van der Waals surface area contributed by atoms with E-state index in [-0.39, 0.29) is 12.4 Å². The Morgan fingerprint density at radius 2 is 2.20 bits per heavy atom. The summed E-state index contributed by atoms with van der Waals surface area (Å²) in [6.45, 7) is 2.94. The molecule has 3 nitrogen and oxygen atoms in total. The summed E-state index contributed by atoms with van der Waals surface area (Å²) >= 11 is 0. The lowest BCUT2D eigenvalue weighted by atomic mass is 9.93. The number of piperidine rings is 1. The van der Waals surface area contributed by atoms with Gasteiger partial charge >= 0.3 is 0 Å². The molecule has 0 spiro atoms. The van der Waals surface area contributed by atoms with E-state index in [4.69, 9.17) is 5.11 Å². The normalized spacial score (nSPS) is 40.5. The number of aliphatic hydroxyl groups excluding tert-OH is 1. The van der Waals surface area contributed by atoms with Gasteiger partial charge in [0, 0.05) is 6.54 Å². The van der Waals surface area contributed by atoms with Crippen LogP contribution in [0, 0.1) is 0 Å². The number of hydrogen-bond acceptors (Lipinski definition) is 3. The largest absolute Gasteiger partial charge is 0.390 e. The van der Waals surface area contributed by atoms with Gasteiger partial charge in [-0.25, -0.2) is 0 Å². The number of β-amino-alcohol motifs (C(OH)–C–C–N with tert-alkyl or cyclic N) is 1. The van der Waals surface area contributed by atoms with Crippen LogP contribution in [0.25, 0.3) is 0 Å². The quantitative estimate of drug-likeness (QED) is 0.457. The highest BCUT2D eigenvalue weighted by Crippen LogP contribution is 2.14. The SMILES string of the molecule is C[C@]1(O)CNCC[C@H]1O.Cl. The van der Waals surface area contributed by atoms with Crippen molar-refractivity contribution in [3.05, 3.63) is 0 Å². The maximum Gasteiger partial charge on any atom is 0.100 e. The van der Waals surface area contributed by atoms with Crippen molar-refractivity contribution in [2.24, 2.45) is 0 Å². The third-order valence-electron chi connectivity index (χ3n) is 1.80. The minimum Gasteiger partial charge on any atom is -0.390 e. The monoisotopic (exact) mass is 167 g/mol. The Morgan fingerprint density at radius 1 is 1.60 bits per heavy atom. The lowest BCUT2D eigenvalue weighted by Crippen LogP contribution is -2.53. The van der Waals surface area contributed by atoms with Gasteiger partial charge in [0.15, 0.2) is 0 Å². The van der Waals surface area contributed by atoms with Crippen LogP contribution in [0.1, 0.15) is 13.3 Å². The van der Waals surface area contributed by atoms with E-state index in [0.717, 1.165) is 6.54 Å². The minimum atomic E-state index is -0.918. The second kappa shape index (κ2) is 3.53. The van der Waals surface area contributed by atoms with Gasteiger partial charge in [0.25, 0.3) is 0 Å². The van der Waals surface area contributed by atoms with Crippen LogP contribution < -0.4 is 5.32 Å². The van der Waals surface area contributed by atoms with Crippen molar-refractivity contribution in [3.8, 4) is 0 Å². The van der Waals surface area contributed by atoms with Gasteiger partial charge in [-0.1, -0.05) is 0 Å². The molecule has 0 aromatic rings. The van der Waals surface area contributed by atoms with Gasteiger partial charge in [-0.3, -0.25) is 0 Å². The van der Waals surface area contributed by atoms with Crippen LogP contribution in [0.3, 0.4) is 0 Å². The van der Waals surface area contributed by atoms with Crippen LogP contribution in [0.5, 0.6) is 0 Å². The molecule has 1 rings (SSSR count). The maximum absolute atomic E-state index is 9.33. The predicted molar refractivity (Wildman–Crippen MR) is 41.4 cm³/mol. The Labute approximate surface area is 66.8 Å². The van der Waals surface area contributed by atoms with E-state index in [1.54, 1.807) is 6.92 Å². The fourth-order valence-electron chi connectivity index (χ4n) is 1.01. The number of hydrogen-bond donors (Lipinski definition) is 3. The summed E-state index contributed by atoms with van der Waals surface area (Å²) in [4.78, 5) is 0. The first-order valence-electron chi connectivity index (χ1n) is 3.24. The smallest absolute Gasteiger partial charge is 0.100 e. The highest BCUT2D eigenvalue weighted by molar-refractivity contribution is 5.85. The van der Waals surface area contributed by atoms with E-state index in [9.17, 15) is 5.11 Å². The summed E-state index contributed by atoms with van der Waals surface area (Å²) in [5, 5.41) is 21.5. The third-order valence-corrected chi connectivity index (χ3v) is 1.80. The Kier molecular flexibility index (Phi) is 3.59. The van der Waals surface area contributed by atoms with Gasteiger partial charge in [0.05, 0.1) is 6.10 Å². The Hall–Kier alpha value is 0.170. The summed E-state index contributed by atoms with van der Waals surface area (Å²) in [6, 6.07) is 0. The zero-order valence-corrected chi connectivity index (χ0v) is 6.82. The first-order chi connectivity index (χ1) is 4.13. The first-order valence-corrected chi connectivity index (χ1v) is 3.24. The van der Waals surface area contributed by atoms with Gasteiger partial charge in [-0.05, 0) is 19.9 Å². The van der Waals surface area contributed by atoms with Crippen LogP contribution in [0.4, 0.5) is 0 Å². The summed E-state index contributed by atoms with van der Waals surface area (Å²) in [5.41, 5.74) is -0.918. The van der Waals surface area contributed by atoms with Crippen LogP contribution in [-0.2, 0) is 0 Å². The van der Waals surface area contributed by atoms with Gasteiger partial charge in [-0.15, -0.1) is 12.4 Å². The molecule has 0 bridgehead atoms. The predicted octanol–water partition coefficient (Wildman–Crippen LogP) is -0.487. The molecule has 0 unspecified atom stereocenters. The number of rotatable bonds is 0. The van der Waals surface area contributed by atoms with Crippen LogP contribution >= 0.6 is 12.4 Å². The first kappa shape index (κ1) is 10.2. The summed E-state index contributed by atoms with van der Waals surface area (Å²) < 4.78 is 0. The molecule has 1 saturated heterocycles. The molecule has 0 saturated carbocycles. The molecule has 0 radical (unpaired) electrons. The van der Waals surface area contributed by atoms with Gasteiger partial charge in [0.2, 0.25) is 0 Å². The Morgan fingerprint density at radius 3 is 2.50 bits per heavy atom. The summed E-state index contributed by atoms with van der Waals surface area (Å²) in [6.07, 6.45) is 0.0891. The number of aliphatic hydroxyl groups is 2. The molecular formula is C6H14ClNO2. The molecule has 0 aromatic heterocycles.